The average Bonchev–Trinajstić information content (AvgIpc) is 3.07. The van der Waals surface area contributed by atoms with Gasteiger partial charge >= 0.3 is 0 Å². The lowest BCUT2D eigenvalue weighted by Gasteiger charge is -2.26. The predicted octanol–water partition coefficient (Wildman–Crippen LogP) is 3.20. The number of rotatable bonds is 4. The second kappa shape index (κ2) is 6.00. The van der Waals surface area contributed by atoms with E-state index >= 15 is 0 Å². The van der Waals surface area contributed by atoms with Crippen LogP contribution in [0.1, 0.15) is 23.6 Å². The third-order valence-corrected chi connectivity index (χ3v) is 4.34. The summed E-state index contributed by atoms with van der Waals surface area (Å²) in [6.45, 7) is 2.03. The third kappa shape index (κ3) is 2.90. The van der Waals surface area contributed by atoms with E-state index in [4.69, 9.17) is 11.6 Å². The van der Waals surface area contributed by atoms with Gasteiger partial charge in [0.2, 0.25) is 0 Å². The summed E-state index contributed by atoms with van der Waals surface area (Å²) >= 11 is 5.99. The highest BCUT2D eigenvalue weighted by molar-refractivity contribution is 6.30. The zero-order valence-electron chi connectivity index (χ0n) is 11.6. The smallest absolute Gasteiger partial charge is 0.0499 e. The lowest BCUT2D eigenvalue weighted by atomic mass is 10.00. The summed E-state index contributed by atoms with van der Waals surface area (Å²) in [4.78, 5) is 5.51. The second-order valence-corrected chi connectivity index (χ2v) is 5.91. The van der Waals surface area contributed by atoms with Gasteiger partial charge in [0, 0.05) is 42.6 Å². The fourth-order valence-electron chi connectivity index (χ4n) is 3.02. The summed E-state index contributed by atoms with van der Waals surface area (Å²) in [5.41, 5.74) is 2.63. The number of nitrogens with one attached hydrogen (secondary N) is 2. The van der Waals surface area contributed by atoms with E-state index in [0.29, 0.717) is 12.1 Å². The first-order chi connectivity index (χ1) is 9.74. The van der Waals surface area contributed by atoms with E-state index in [0.717, 1.165) is 18.1 Å². The van der Waals surface area contributed by atoms with Gasteiger partial charge in [0.15, 0.2) is 0 Å². The third-order valence-electron chi connectivity index (χ3n) is 4.09. The maximum atomic E-state index is 5.99. The molecule has 0 amide bonds. The molecule has 4 heteroatoms. The Morgan fingerprint density at radius 2 is 2.10 bits per heavy atom. The maximum Gasteiger partial charge on any atom is 0.0499 e. The van der Waals surface area contributed by atoms with E-state index < -0.39 is 0 Å². The van der Waals surface area contributed by atoms with Crippen LogP contribution in [0.4, 0.5) is 0 Å². The standard InChI is InChI=1S/C16H20ClN3/c1-20-9-7-15(19-11-12-6-8-18-10-12)16(20)13-2-4-14(17)5-3-13/h2-6,8,10,15-16,18-19H,7,9,11H2,1H3/t15-,16+/m1/s1. The summed E-state index contributed by atoms with van der Waals surface area (Å²) in [5, 5.41) is 4.48. The Bertz CT molecular complexity index is 535. The summed E-state index contributed by atoms with van der Waals surface area (Å²) in [7, 11) is 2.19. The van der Waals surface area contributed by atoms with Gasteiger partial charge in [-0.2, -0.15) is 0 Å². The quantitative estimate of drug-likeness (QED) is 0.906. The molecule has 1 aliphatic heterocycles. The fourth-order valence-corrected chi connectivity index (χ4v) is 3.15. The van der Waals surface area contributed by atoms with Crippen molar-refractivity contribution >= 4 is 11.6 Å². The molecule has 2 N–H and O–H groups in total. The molecule has 0 saturated carbocycles. The Balaban J connectivity index is 1.71. The normalized spacial score (nSPS) is 23.3. The number of likely N-dealkylation sites (tertiary alicyclic amines) is 1. The lowest BCUT2D eigenvalue weighted by molar-refractivity contribution is 0.286. The molecular weight excluding hydrogens is 270 g/mol. The molecular formula is C16H20ClN3. The molecule has 1 saturated heterocycles. The van der Waals surface area contributed by atoms with Crippen molar-refractivity contribution in [1.82, 2.24) is 15.2 Å². The van der Waals surface area contributed by atoms with Crippen LogP contribution in [0.15, 0.2) is 42.7 Å². The fraction of sp³-hybridized carbons (Fsp3) is 0.375. The molecule has 1 aliphatic rings. The molecule has 1 fully saturated rings. The van der Waals surface area contributed by atoms with Crippen molar-refractivity contribution < 1.29 is 0 Å². The Kier molecular flexibility index (Phi) is 4.10. The number of halogens is 1. The molecule has 1 aromatic carbocycles. The maximum absolute atomic E-state index is 5.99. The molecule has 0 spiro atoms. The van der Waals surface area contributed by atoms with Crippen LogP contribution in [0.5, 0.6) is 0 Å². The molecule has 0 radical (unpaired) electrons. The van der Waals surface area contributed by atoms with Crippen molar-refractivity contribution in [2.24, 2.45) is 0 Å². The van der Waals surface area contributed by atoms with Crippen LogP contribution in [0.2, 0.25) is 5.02 Å². The van der Waals surface area contributed by atoms with Crippen LogP contribution in [0.3, 0.4) is 0 Å². The minimum atomic E-state index is 0.422. The number of benzene rings is 1. The van der Waals surface area contributed by atoms with E-state index in [1.807, 2.05) is 24.5 Å². The van der Waals surface area contributed by atoms with Gasteiger partial charge in [0.25, 0.3) is 0 Å². The Morgan fingerprint density at radius 3 is 2.80 bits per heavy atom. The largest absolute Gasteiger partial charge is 0.367 e. The van der Waals surface area contributed by atoms with Gasteiger partial charge in [-0.1, -0.05) is 23.7 Å². The number of aromatic amines is 1. The van der Waals surface area contributed by atoms with Gasteiger partial charge in [-0.15, -0.1) is 0 Å². The molecule has 0 aliphatic carbocycles. The molecule has 0 unspecified atom stereocenters. The van der Waals surface area contributed by atoms with Gasteiger partial charge in [-0.3, -0.25) is 4.90 Å². The first-order valence-corrected chi connectivity index (χ1v) is 7.42. The summed E-state index contributed by atoms with van der Waals surface area (Å²) in [6, 6.07) is 11.3. The highest BCUT2D eigenvalue weighted by Crippen LogP contribution is 2.31. The van der Waals surface area contributed by atoms with Crippen molar-refractivity contribution in [2.75, 3.05) is 13.6 Å². The minimum absolute atomic E-state index is 0.422. The molecule has 0 bridgehead atoms. The molecule has 2 aromatic rings. The van der Waals surface area contributed by atoms with Crippen molar-refractivity contribution in [1.29, 1.82) is 0 Å². The second-order valence-electron chi connectivity index (χ2n) is 5.47. The van der Waals surface area contributed by atoms with Crippen molar-refractivity contribution in [3.8, 4) is 0 Å². The van der Waals surface area contributed by atoms with Crippen molar-refractivity contribution in [2.45, 2.75) is 25.0 Å². The molecule has 3 rings (SSSR count). The van der Waals surface area contributed by atoms with Gasteiger partial charge in [-0.05, 0) is 42.8 Å². The van der Waals surface area contributed by atoms with E-state index in [2.05, 4.69) is 40.4 Å². The van der Waals surface area contributed by atoms with Crippen LogP contribution in [0.25, 0.3) is 0 Å². The van der Waals surface area contributed by atoms with Crippen molar-refractivity contribution in [3.63, 3.8) is 0 Å². The molecule has 2 heterocycles. The van der Waals surface area contributed by atoms with Crippen LogP contribution in [-0.2, 0) is 6.54 Å². The van der Waals surface area contributed by atoms with E-state index in [-0.39, 0.29) is 0 Å². The Hall–Kier alpha value is -1.29. The zero-order chi connectivity index (χ0) is 13.9. The molecule has 1 aromatic heterocycles. The Labute approximate surface area is 124 Å². The number of aromatic nitrogens is 1. The first kappa shape index (κ1) is 13.7. The minimum Gasteiger partial charge on any atom is -0.367 e. The Morgan fingerprint density at radius 1 is 1.30 bits per heavy atom. The molecule has 20 heavy (non-hydrogen) atoms. The average molecular weight is 290 g/mol. The van der Waals surface area contributed by atoms with Crippen LogP contribution < -0.4 is 5.32 Å². The predicted molar refractivity (Wildman–Crippen MR) is 82.9 cm³/mol. The van der Waals surface area contributed by atoms with Gasteiger partial charge < -0.3 is 10.3 Å². The van der Waals surface area contributed by atoms with Gasteiger partial charge in [0.1, 0.15) is 0 Å². The lowest BCUT2D eigenvalue weighted by Crippen LogP contribution is -2.34. The number of hydrogen-bond donors (Lipinski definition) is 2. The van der Waals surface area contributed by atoms with Gasteiger partial charge in [-0.25, -0.2) is 0 Å². The zero-order valence-corrected chi connectivity index (χ0v) is 12.4. The highest BCUT2D eigenvalue weighted by Gasteiger charge is 2.32. The molecule has 106 valence electrons. The number of hydrogen-bond acceptors (Lipinski definition) is 2. The van der Waals surface area contributed by atoms with Crippen LogP contribution in [0, 0.1) is 0 Å². The van der Waals surface area contributed by atoms with E-state index in [1.165, 1.54) is 17.5 Å². The van der Waals surface area contributed by atoms with Crippen LogP contribution in [-0.4, -0.2) is 29.5 Å². The number of nitrogens with zero attached hydrogens (tertiary/aromatic N) is 1. The SMILES string of the molecule is CN1CC[C@@H](NCc2cc[nH]c2)[C@@H]1c1ccc(Cl)cc1. The van der Waals surface area contributed by atoms with Crippen molar-refractivity contribution in [3.05, 3.63) is 58.9 Å². The highest BCUT2D eigenvalue weighted by atomic mass is 35.5. The summed E-state index contributed by atoms with van der Waals surface area (Å²) in [5.74, 6) is 0. The van der Waals surface area contributed by atoms with E-state index in [9.17, 15) is 0 Å². The molecule has 3 nitrogen and oxygen atoms in total. The van der Waals surface area contributed by atoms with Gasteiger partial charge in [0.05, 0.1) is 0 Å². The summed E-state index contributed by atoms with van der Waals surface area (Å²) < 4.78 is 0. The first-order valence-electron chi connectivity index (χ1n) is 7.05. The van der Waals surface area contributed by atoms with Crippen LogP contribution >= 0.6 is 11.6 Å². The number of H-pyrrole nitrogens is 1. The van der Waals surface area contributed by atoms with E-state index in [1.54, 1.807) is 0 Å². The molecule has 2 atom stereocenters. The topological polar surface area (TPSA) is 31.1 Å². The summed E-state index contributed by atoms with van der Waals surface area (Å²) in [6.07, 6.45) is 5.19. The number of likely N-dealkylation sites (N-methyl/N-ethyl adjacent to an activating group) is 1. The monoisotopic (exact) mass is 289 g/mol.